The Morgan fingerprint density at radius 2 is 2.00 bits per heavy atom. The molecule has 0 radical (unpaired) electrons. The van der Waals surface area contributed by atoms with Gasteiger partial charge in [0.1, 0.15) is 0 Å². The molecule has 1 unspecified atom stereocenters. The van der Waals surface area contributed by atoms with Crippen LogP contribution in [0.2, 0.25) is 0 Å². The molecular weight excluding hydrogens is 329 g/mol. The third-order valence-corrected chi connectivity index (χ3v) is 4.85. The van der Waals surface area contributed by atoms with Gasteiger partial charge in [-0.3, -0.25) is 0 Å². The fourth-order valence-electron chi connectivity index (χ4n) is 2.10. The molecule has 2 rings (SSSR count). The van der Waals surface area contributed by atoms with Crippen LogP contribution >= 0.6 is 12.4 Å². The molecule has 2 N–H and O–H groups in total. The maximum absolute atomic E-state index is 12.7. The Morgan fingerprint density at radius 3 is 2.52 bits per heavy atom. The van der Waals surface area contributed by atoms with Gasteiger partial charge in [0.05, 0.1) is 10.5 Å². The minimum atomic E-state index is -4.56. The van der Waals surface area contributed by atoms with Crippen LogP contribution in [0.5, 0.6) is 0 Å². The maximum Gasteiger partial charge on any atom is 0.416 e. The van der Waals surface area contributed by atoms with Gasteiger partial charge in [0.15, 0.2) is 0 Å². The number of aryl methyl sites for hydroxylation is 1. The molecule has 0 spiro atoms. The van der Waals surface area contributed by atoms with Gasteiger partial charge >= 0.3 is 6.18 Å². The quantitative estimate of drug-likeness (QED) is 0.882. The van der Waals surface area contributed by atoms with Gasteiger partial charge in [-0.25, -0.2) is 13.1 Å². The maximum atomic E-state index is 12.7. The molecular formula is C12H16ClF3N2O2S. The molecule has 1 saturated heterocycles. The minimum Gasteiger partial charge on any atom is -0.315 e. The van der Waals surface area contributed by atoms with Crippen molar-refractivity contribution >= 4 is 22.4 Å². The fraction of sp³-hybridized carbons (Fsp3) is 0.500. The molecule has 1 atom stereocenters. The number of hydrogen-bond acceptors (Lipinski definition) is 3. The van der Waals surface area contributed by atoms with Crippen LogP contribution in [0, 0.1) is 6.92 Å². The molecule has 0 aliphatic carbocycles. The highest BCUT2D eigenvalue weighted by molar-refractivity contribution is 7.89. The fourth-order valence-corrected chi connectivity index (χ4v) is 3.65. The summed E-state index contributed by atoms with van der Waals surface area (Å²) in [6, 6.07) is 2.45. The molecule has 4 nitrogen and oxygen atoms in total. The Labute approximate surface area is 127 Å². The second kappa shape index (κ2) is 6.51. The zero-order valence-electron chi connectivity index (χ0n) is 11.2. The first-order valence-corrected chi connectivity index (χ1v) is 7.59. The van der Waals surface area contributed by atoms with Crippen molar-refractivity contribution in [3.8, 4) is 0 Å². The third kappa shape index (κ3) is 4.32. The molecule has 0 saturated carbocycles. The minimum absolute atomic E-state index is 0. The van der Waals surface area contributed by atoms with Crippen molar-refractivity contribution in [3.63, 3.8) is 0 Å². The van der Waals surface area contributed by atoms with Gasteiger partial charge in [0.25, 0.3) is 0 Å². The largest absolute Gasteiger partial charge is 0.416 e. The van der Waals surface area contributed by atoms with Crippen LogP contribution in [0.1, 0.15) is 17.5 Å². The van der Waals surface area contributed by atoms with Crippen LogP contribution in [-0.2, 0) is 16.2 Å². The Morgan fingerprint density at radius 1 is 1.33 bits per heavy atom. The van der Waals surface area contributed by atoms with E-state index in [1.165, 1.54) is 13.0 Å². The van der Waals surface area contributed by atoms with Crippen molar-refractivity contribution < 1.29 is 21.6 Å². The SMILES string of the molecule is Cc1ccc(C(F)(F)F)cc1S(=O)(=O)NC1CCNC1.Cl. The Hall–Kier alpha value is -0.830. The first kappa shape index (κ1) is 18.2. The second-order valence-electron chi connectivity index (χ2n) is 4.79. The van der Waals surface area contributed by atoms with Crippen molar-refractivity contribution in [2.45, 2.75) is 30.5 Å². The lowest BCUT2D eigenvalue weighted by Crippen LogP contribution is -2.36. The van der Waals surface area contributed by atoms with E-state index < -0.39 is 21.8 Å². The molecule has 1 aliphatic rings. The van der Waals surface area contributed by atoms with Crippen molar-refractivity contribution in [1.82, 2.24) is 10.0 Å². The molecule has 1 fully saturated rings. The highest BCUT2D eigenvalue weighted by atomic mass is 35.5. The first-order chi connectivity index (χ1) is 9.20. The predicted molar refractivity (Wildman–Crippen MR) is 75.0 cm³/mol. The van der Waals surface area contributed by atoms with Gasteiger partial charge in [-0.2, -0.15) is 13.2 Å². The first-order valence-electron chi connectivity index (χ1n) is 6.11. The van der Waals surface area contributed by atoms with Crippen molar-refractivity contribution in [3.05, 3.63) is 29.3 Å². The zero-order valence-corrected chi connectivity index (χ0v) is 12.8. The Bertz CT molecular complexity index is 599. The molecule has 1 aromatic rings. The van der Waals surface area contributed by atoms with E-state index in [9.17, 15) is 21.6 Å². The van der Waals surface area contributed by atoms with Gasteiger partial charge in [-0.1, -0.05) is 6.07 Å². The molecule has 0 amide bonds. The molecule has 0 aromatic heterocycles. The topological polar surface area (TPSA) is 58.2 Å². The standard InChI is InChI=1S/C12H15F3N2O2S.ClH/c1-8-2-3-9(12(13,14)15)6-11(8)20(18,19)17-10-4-5-16-7-10;/h2-3,6,10,16-17H,4-5,7H2,1H3;1H. The van der Waals surface area contributed by atoms with Gasteiger partial charge in [0.2, 0.25) is 10.0 Å². The number of hydrogen-bond donors (Lipinski definition) is 2. The molecule has 1 aromatic carbocycles. The van der Waals surface area contributed by atoms with Gasteiger partial charge in [-0.15, -0.1) is 12.4 Å². The smallest absolute Gasteiger partial charge is 0.315 e. The average molecular weight is 345 g/mol. The highest BCUT2D eigenvalue weighted by Gasteiger charge is 2.33. The summed E-state index contributed by atoms with van der Waals surface area (Å²) in [5.41, 5.74) is -0.676. The Kier molecular flexibility index (Phi) is 5.65. The molecule has 0 bridgehead atoms. The van der Waals surface area contributed by atoms with Crippen molar-refractivity contribution in [1.29, 1.82) is 0 Å². The summed E-state index contributed by atoms with van der Waals surface area (Å²) in [5.74, 6) is 0. The number of alkyl halides is 3. The summed E-state index contributed by atoms with van der Waals surface area (Å²) in [4.78, 5) is -0.320. The molecule has 9 heteroatoms. The van der Waals surface area contributed by atoms with Crippen LogP contribution in [-0.4, -0.2) is 27.5 Å². The summed E-state index contributed by atoms with van der Waals surface area (Å²) < 4.78 is 64.8. The molecule has 120 valence electrons. The van der Waals surface area contributed by atoms with E-state index in [0.717, 1.165) is 6.07 Å². The molecule has 1 aliphatic heterocycles. The third-order valence-electron chi connectivity index (χ3n) is 3.19. The molecule has 21 heavy (non-hydrogen) atoms. The summed E-state index contributed by atoms with van der Waals surface area (Å²) in [6.07, 6.45) is -3.94. The van der Waals surface area contributed by atoms with Crippen LogP contribution in [0.15, 0.2) is 23.1 Å². The van der Waals surface area contributed by atoms with E-state index in [4.69, 9.17) is 0 Å². The number of rotatable bonds is 3. The van der Waals surface area contributed by atoms with Crippen LogP contribution in [0.4, 0.5) is 13.2 Å². The van der Waals surface area contributed by atoms with Gasteiger partial charge in [-0.05, 0) is 37.6 Å². The van der Waals surface area contributed by atoms with Crippen molar-refractivity contribution in [2.75, 3.05) is 13.1 Å². The van der Waals surface area contributed by atoms with Gasteiger partial charge < -0.3 is 5.32 Å². The number of sulfonamides is 1. The van der Waals surface area contributed by atoms with Crippen LogP contribution < -0.4 is 10.0 Å². The van der Waals surface area contributed by atoms with Crippen molar-refractivity contribution in [2.24, 2.45) is 0 Å². The summed E-state index contributed by atoms with van der Waals surface area (Å²) in [7, 11) is -3.95. The van der Waals surface area contributed by atoms with Crippen LogP contribution in [0.25, 0.3) is 0 Å². The number of benzene rings is 1. The van der Waals surface area contributed by atoms with Crippen LogP contribution in [0.3, 0.4) is 0 Å². The molecule has 1 heterocycles. The second-order valence-corrected chi connectivity index (χ2v) is 6.47. The van der Waals surface area contributed by atoms with Gasteiger partial charge in [0, 0.05) is 12.6 Å². The normalized spacial score (nSPS) is 19.3. The Balaban J connectivity index is 0.00000220. The van der Waals surface area contributed by atoms with E-state index in [0.29, 0.717) is 25.6 Å². The predicted octanol–water partition coefficient (Wildman–Crippen LogP) is 2.08. The number of halogens is 4. The average Bonchev–Trinajstić information content (AvgIpc) is 2.79. The summed E-state index contributed by atoms with van der Waals surface area (Å²) >= 11 is 0. The van der Waals surface area contributed by atoms with E-state index in [1.807, 2.05) is 0 Å². The summed E-state index contributed by atoms with van der Waals surface area (Å²) in [5, 5.41) is 2.99. The lowest BCUT2D eigenvalue weighted by Gasteiger charge is -2.15. The van der Waals surface area contributed by atoms with E-state index in [2.05, 4.69) is 10.0 Å². The highest BCUT2D eigenvalue weighted by Crippen LogP contribution is 2.31. The van der Waals surface area contributed by atoms with E-state index in [-0.39, 0.29) is 28.9 Å². The van der Waals surface area contributed by atoms with E-state index >= 15 is 0 Å². The number of nitrogens with one attached hydrogen (secondary N) is 2. The zero-order chi connectivity index (χ0) is 15.0. The summed E-state index contributed by atoms with van der Waals surface area (Å²) in [6.45, 7) is 2.65. The lowest BCUT2D eigenvalue weighted by atomic mass is 10.1. The lowest BCUT2D eigenvalue weighted by molar-refractivity contribution is -0.137. The van der Waals surface area contributed by atoms with E-state index in [1.54, 1.807) is 0 Å². The monoisotopic (exact) mass is 344 g/mol.